The summed E-state index contributed by atoms with van der Waals surface area (Å²) in [7, 11) is 0. The second-order valence-electron chi connectivity index (χ2n) is 9.14. The Hall–Kier alpha value is -4.31. The van der Waals surface area contributed by atoms with Gasteiger partial charge in [0.1, 0.15) is 6.04 Å². The fourth-order valence-corrected chi connectivity index (χ4v) is 5.81. The second-order valence-corrected chi connectivity index (χ2v) is 10.2. The van der Waals surface area contributed by atoms with E-state index in [9.17, 15) is 24.3 Å². The van der Waals surface area contributed by atoms with Crippen molar-refractivity contribution in [1.82, 2.24) is 5.32 Å². The number of hydrogen-bond acceptors (Lipinski definition) is 5. The fraction of sp³-hybridized carbons (Fsp3) is 0.214. The molecule has 2 unspecified atom stereocenters. The number of fused-ring (bicyclic) bond motifs is 1. The quantitative estimate of drug-likeness (QED) is 0.362. The van der Waals surface area contributed by atoms with Crippen molar-refractivity contribution in [3.63, 3.8) is 0 Å². The average molecular weight is 533 g/mol. The Balaban J connectivity index is 1.75. The number of nitrogens with two attached hydrogens (primary N) is 1. The molecule has 9 nitrogen and oxygen atoms in total. The molecule has 196 valence electrons. The third-order valence-electron chi connectivity index (χ3n) is 6.48. The molecule has 10 heteroatoms. The number of amides is 4. The number of nitrogens with one attached hydrogen (secondary N) is 2. The van der Waals surface area contributed by atoms with Crippen molar-refractivity contribution in [3.05, 3.63) is 90.0 Å². The Morgan fingerprint density at radius 1 is 1.03 bits per heavy atom. The number of carbonyl (C=O) groups excluding carboxylic acids is 3. The molecule has 0 spiro atoms. The van der Waals surface area contributed by atoms with E-state index in [1.807, 2.05) is 32.0 Å². The smallest absolute Gasteiger partial charge is 0.335 e. The van der Waals surface area contributed by atoms with Crippen LogP contribution in [0, 0.1) is 5.92 Å². The average Bonchev–Trinajstić information content (AvgIpc) is 3.02. The van der Waals surface area contributed by atoms with Gasteiger partial charge in [0.25, 0.3) is 5.91 Å². The van der Waals surface area contributed by atoms with Crippen molar-refractivity contribution in [1.29, 1.82) is 0 Å². The van der Waals surface area contributed by atoms with Crippen LogP contribution in [0.4, 0.5) is 16.2 Å². The van der Waals surface area contributed by atoms with Crippen molar-refractivity contribution in [2.24, 2.45) is 11.7 Å². The second kappa shape index (κ2) is 11.0. The molecule has 3 aromatic rings. The minimum Gasteiger partial charge on any atom is -0.478 e. The van der Waals surface area contributed by atoms with Gasteiger partial charge in [0.2, 0.25) is 5.91 Å². The van der Waals surface area contributed by atoms with Crippen molar-refractivity contribution in [2.45, 2.75) is 30.3 Å². The molecule has 1 aliphatic heterocycles. The number of carbonyl (C=O) groups is 4. The highest BCUT2D eigenvalue weighted by Gasteiger charge is 2.52. The minimum absolute atomic E-state index is 0.0107. The highest BCUT2D eigenvalue weighted by molar-refractivity contribution is 7.99. The summed E-state index contributed by atoms with van der Waals surface area (Å²) in [6.45, 7) is 3.66. The third kappa shape index (κ3) is 4.95. The summed E-state index contributed by atoms with van der Waals surface area (Å²) in [4.78, 5) is 54.0. The lowest BCUT2D eigenvalue weighted by molar-refractivity contribution is -0.131. The van der Waals surface area contributed by atoms with E-state index in [1.54, 1.807) is 42.5 Å². The van der Waals surface area contributed by atoms with Crippen LogP contribution in [-0.2, 0) is 15.1 Å². The van der Waals surface area contributed by atoms with Crippen LogP contribution in [0.2, 0.25) is 0 Å². The lowest BCUT2D eigenvalue weighted by atomic mass is 9.76. The monoisotopic (exact) mass is 532 g/mol. The molecule has 1 heterocycles. The highest BCUT2D eigenvalue weighted by Crippen LogP contribution is 2.45. The van der Waals surface area contributed by atoms with E-state index < -0.39 is 41.3 Å². The molecule has 0 aliphatic carbocycles. The molecule has 0 bridgehead atoms. The molecule has 5 N–H and O–H groups in total. The third-order valence-corrected chi connectivity index (χ3v) is 7.64. The molecule has 4 amide bonds. The number of primary amides is 1. The maximum Gasteiger partial charge on any atom is 0.335 e. The lowest BCUT2D eigenvalue weighted by Gasteiger charge is -2.45. The Bertz CT molecular complexity index is 1380. The van der Waals surface area contributed by atoms with Gasteiger partial charge in [0.05, 0.1) is 11.3 Å². The maximum absolute atomic E-state index is 14.3. The first-order valence-electron chi connectivity index (χ1n) is 12.0. The summed E-state index contributed by atoms with van der Waals surface area (Å²) < 4.78 is 0. The largest absolute Gasteiger partial charge is 0.478 e. The summed E-state index contributed by atoms with van der Waals surface area (Å²) in [5.41, 5.74) is 5.93. The number of carboxylic acids is 1. The number of rotatable bonds is 7. The van der Waals surface area contributed by atoms with Crippen LogP contribution in [-0.4, -0.2) is 40.7 Å². The van der Waals surface area contributed by atoms with Crippen LogP contribution in [0.5, 0.6) is 0 Å². The number of para-hydroxylation sites is 1. The standard InChI is InChI=1S/C28H28N4O5S/c1-17(2)28(26(29)36,19-10-4-3-5-11-19)32-22-13-6-7-14-23(22)38-16-21(24(32)33)31-27(37)30-20-12-8-9-18(15-20)25(34)35/h3-15,17,21H,16H2,1-2H3,(H2,29,36)(H,34,35)(H2,30,31,37). The van der Waals surface area contributed by atoms with Gasteiger partial charge in [-0.05, 0) is 41.8 Å². The number of aromatic carboxylic acids is 1. The number of carboxylic acid groups (broad SMARTS) is 1. The van der Waals surface area contributed by atoms with E-state index in [2.05, 4.69) is 10.6 Å². The topological polar surface area (TPSA) is 142 Å². The van der Waals surface area contributed by atoms with Gasteiger partial charge >= 0.3 is 12.0 Å². The predicted octanol–water partition coefficient (Wildman–Crippen LogP) is 4.05. The molecule has 2 atom stereocenters. The van der Waals surface area contributed by atoms with E-state index in [0.717, 1.165) is 4.90 Å². The van der Waals surface area contributed by atoms with Crippen LogP contribution < -0.4 is 21.3 Å². The number of nitrogens with zero attached hydrogens (tertiary/aromatic N) is 1. The fourth-order valence-electron chi connectivity index (χ4n) is 4.76. The Morgan fingerprint density at radius 2 is 1.71 bits per heavy atom. The minimum atomic E-state index is -1.54. The van der Waals surface area contributed by atoms with Gasteiger partial charge in [0.15, 0.2) is 5.54 Å². The zero-order valence-electron chi connectivity index (χ0n) is 20.9. The molecule has 38 heavy (non-hydrogen) atoms. The van der Waals surface area contributed by atoms with E-state index in [1.165, 1.54) is 34.9 Å². The molecule has 0 aromatic heterocycles. The molecular formula is C28H28N4O5S. The normalized spacial score (nSPS) is 16.7. The summed E-state index contributed by atoms with van der Waals surface area (Å²) >= 11 is 1.38. The lowest BCUT2D eigenvalue weighted by Crippen LogP contribution is -2.64. The van der Waals surface area contributed by atoms with Gasteiger partial charge in [-0.25, -0.2) is 9.59 Å². The van der Waals surface area contributed by atoms with Gasteiger partial charge in [-0.1, -0.05) is 62.4 Å². The molecule has 0 radical (unpaired) electrons. The van der Waals surface area contributed by atoms with E-state index in [0.29, 0.717) is 11.3 Å². The summed E-state index contributed by atoms with van der Waals surface area (Å²) in [5, 5.41) is 14.5. The highest BCUT2D eigenvalue weighted by atomic mass is 32.2. The first-order chi connectivity index (χ1) is 18.2. The summed E-state index contributed by atoms with van der Waals surface area (Å²) in [5.74, 6) is -2.53. The molecular weight excluding hydrogens is 504 g/mol. The molecule has 0 saturated carbocycles. The van der Waals surface area contributed by atoms with Crippen LogP contribution in [0.3, 0.4) is 0 Å². The Morgan fingerprint density at radius 3 is 2.37 bits per heavy atom. The molecule has 0 saturated heterocycles. The van der Waals surface area contributed by atoms with Gasteiger partial charge < -0.3 is 21.5 Å². The summed E-state index contributed by atoms with van der Waals surface area (Å²) in [6, 6.07) is 20.2. The Kier molecular flexibility index (Phi) is 7.72. The number of anilines is 2. The van der Waals surface area contributed by atoms with Crippen LogP contribution >= 0.6 is 11.8 Å². The van der Waals surface area contributed by atoms with Gasteiger partial charge in [-0.3, -0.25) is 14.5 Å². The van der Waals surface area contributed by atoms with Crippen LogP contribution in [0.1, 0.15) is 29.8 Å². The zero-order valence-corrected chi connectivity index (χ0v) is 21.7. The molecule has 0 fully saturated rings. The van der Waals surface area contributed by atoms with Gasteiger partial charge in [-0.15, -0.1) is 11.8 Å². The van der Waals surface area contributed by atoms with Crippen LogP contribution in [0.25, 0.3) is 0 Å². The first kappa shape index (κ1) is 26.7. The number of urea groups is 1. The maximum atomic E-state index is 14.3. The van der Waals surface area contributed by atoms with Gasteiger partial charge in [0, 0.05) is 16.3 Å². The van der Waals surface area contributed by atoms with Crippen molar-refractivity contribution < 1.29 is 24.3 Å². The van der Waals surface area contributed by atoms with Crippen molar-refractivity contribution in [3.8, 4) is 0 Å². The number of benzene rings is 3. The predicted molar refractivity (Wildman–Crippen MR) is 146 cm³/mol. The zero-order chi connectivity index (χ0) is 27.4. The van der Waals surface area contributed by atoms with E-state index in [-0.39, 0.29) is 17.0 Å². The van der Waals surface area contributed by atoms with E-state index in [4.69, 9.17) is 5.73 Å². The van der Waals surface area contributed by atoms with E-state index >= 15 is 0 Å². The van der Waals surface area contributed by atoms with Gasteiger partial charge in [-0.2, -0.15) is 0 Å². The van der Waals surface area contributed by atoms with Crippen molar-refractivity contribution >= 4 is 47.0 Å². The van der Waals surface area contributed by atoms with Crippen molar-refractivity contribution in [2.75, 3.05) is 16.0 Å². The number of hydrogen-bond donors (Lipinski definition) is 4. The van der Waals surface area contributed by atoms with Crippen LogP contribution in [0.15, 0.2) is 83.8 Å². The summed E-state index contributed by atoms with van der Waals surface area (Å²) in [6.07, 6.45) is 0. The molecule has 4 rings (SSSR count). The first-order valence-corrected chi connectivity index (χ1v) is 13.0. The SMILES string of the molecule is CC(C)C(C(N)=O)(c1ccccc1)N1C(=O)C(NC(=O)Nc2cccc(C(=O)O)c2)CSc2ccccc21. The molecule has 1 aliphatic rings. The molecule has 3 aromatic carbocycles. The Labute approximate surface area is 224 Å². The number of thioether (sulfide) groups is 1.